The van der Waals surface area contributed by atoms with Crippen molar-refractivity contribution in [2.45, 2.75) is 26.5 Å². The van der Waals surface area contributed by atoms with Gasteiger partial charge in [0.25, 0.3) is 0 Å². The van der Waals surface area contributed by atoms with Crippen LogP contribution in [0.3, 0.4) is 0 Å². The highest BCUT2D eigenvalue weighted by Gasteiger charge is 2.00. The molecule has 0 bridgehead atoms. The average molecular weight is 268 g/mol. The third-order valence-electron chi connectivity index (χ3n) is 2.76. The lowest BCUT2D eigenvalue weighted by Crippen LogP contribution is -2.25. The Balaban J connectivity index is 2.22. The van der Waals surface area contributed by atoms with Gasteiger partial charge in [-0.15, -0.1) is 0 Å². The van der Waals surface area contributed by atoms with Crippen molar-refractivity contribution >= 4 is 17.6 Å². The second-order valence-electron chi connectivity index (χ2n) is 4.00. The fourth-order valence-electron chi connectivity index (χ4n) is 1.61. The van der Waals surface area contributed by atoms with Gasteiger partial charge in [0.05, 0.1) is 18.1 Å². The van der Waals surface area contributed by atoms with E-state index < -0.39 is 0 Å². The van der Waals surface area contributed by atoms with Crippen LogP contribution in [0.25, 0.3) is 0 Å². The molecule has 0 unspecified atom stereocenters. The maximum atomic E-state index is 4.39. The molecule has 0 fully saturated rings. The highest BCUT2D eigenvalue weighted by Crippen LogP contribution is 2.10. The van der Waals surface area contributed by atoms with E-state index in [1.807, 2.05) is 24.2 Å². The minimum Gasteiger partial charge on any atom is -0.369 e. The maximum Gasteiger partial charge on any atom is 0.144 e. The van der Waals surface area contributed by atoms with Crippen molar-refractivity contribution < 1.29 is 0 Å². The number of thioether (sulfide) groups is 1. The zero-order valence-corrected chi connectivity index (χ0v) is 12.5. The van der Waals surface area contributed by atoms with Gasteiger partial charge in [-0.3, -0.25) is 4.98 Å². The van der Waals surface area contributed by atoms with Gasteiger partial charge in [0.1, 0.15) is 5.82 Å². The first kappa shape index (κ1) is 15.2. The normalized spacial score (nSPS) is 10.9. The van der Waals surface area contributed by atoms with Crippen LogP contribution < -0.4 is 5.32 Å². The molecule has 0 amide bonds. The van der Waals surface area contributed by atoms with Crippen molar-refractivity contribution in [3.8, 4) is 0 Å². The van der Waals surface area contributed by atoms with E-state index in [0.29, 0.717) is 0 Å². The number of anilines is 1. The van der Waals surface area contributed by atoms with Gasteiger partial charge in [-0.25, -0.2) is 4.98 Å². The third-order valence-corrected chi connectivity index (χ3v) is 3.73. The second-order valence-corrected chi connectivity index (χ2v) is 5.11. The molecule has 1 heterocycles. The van der Waals surface area contributed by atoms with Crippen LogP contribution in [-0.2, 0) is 5.75 Å². The Bertz CT molecular complexity index is 311. The summed E-state index contributed by atoms with van der Waals surface area (Å²) in [5.41, 5.74) is 1.06. The molecule has 0 saturated carbocycles. The van der Waals surface area contributed by atoms with Gasteiger partial charge in [-0.2, -0.15) is 11.8 Å². The largest absolute Gasteiger partial charge is 0.369 e. The molecule has 4 nitrogen and oxygen atoms in total. The lowest BCUT2D eigenvalue weighted by atomic mass is 10.5. The molecule has 0 aliphatic heterocycles. The summed E-state index contributed by atoms with van der Waals surface area (Å²) >= 11 is 1.92. The summed E-state index contributed by atoms with van der Waals surface area (Å²) in [5.74, 6) is 2.95. The van der Waals surface area contributed by atoms with Crippen molar-refractivity contribution in [3.05, 3.63) is 18.1 Å². The molecule has 5 heteroatoms. The predicted molar refractivity (Wildman–Crippen MR) is 80.1 cm³/mol. The van der Waals surface area contributed by atoms with Gasteiger partial charge in [0, 0.05) is 24.6 Å². The summed E-state index contributed by atoms with van der Waals surface area (Å²) in [5, 5.41) is 3.15. The fourth-order valence-corrected chi connectivity index (χ4v) is 2.50. The summed E-state index contributed by atoms with van der Waals surface area (Å²) in [6, 6.07) is 0. The van der Waals surface area contributed by atoms with E-state index in [-0.39, 0.29) is 0 Å². The Labute approximate surface area is 115 Å². The van der Waals surface area contributed by atoms with Crippen molar-refractivity contribution in [2.75, 3.05) is 37.2 Å². The average Bonchev–Trinajstić information content (AvgIpc) is 2.41. The molecule has 0 aliphatic carbocycles. The SMILES string of the molecule is CCNc1cnc(CSCCN(CC)CC)cn1. The van der Waals surface area contributed by atoms with Crippen LogP contribution in [0.15, 0.2) is 12.4 Å². The molecule has 1 N–H and O–H groups in total. The van der Waals surface area contributed by atoms with Crippen LogP contribution in [0.1, 0.15) is 26.5 Å². The molecule has 1 rings (SSSR count). The predicted octanol–water partition coefficient (Wildman–Crippen LogP) is 2.48. The molecular formula is C13H24N4S. The summed E-state index contributed by atoms with van der Waals surface area (Å²) in [7, 11) is 0. The number of aromatic nitrogens is 2. The molecule has 0 radical (unpaired) electrons. The lowest BCUT2D eigenvalue weighted by molar-refractivity contribution is 0.324. The number of nitrogens with one attached hydrogen (secondary N) is 1. The Hall–Kier alpha value is -0.810. The van der Waals surface area contributed by atoms with Crippen molar-refractivity contribution in [1.29, 1.82) is 0 Å². The van der Waals surface area contributed by atoms with Crippen molar-refractivity contribution in [3.63, 3.8) is 0 Å². The molecule has 0 atom stereocenters. The highest BCUT2D eigenvalue weighted by atomic mass is 32.2. The van der Waals surface area contributed by atoms with Crippen LogP contribution in [0.2, 0.25) is 0 Å². The van der Waals surface area contributed by atoms with Gasteiger partial charge in [0.15, 0.2) is 0 Å². The minimum absolute atomic E-state index is 0.856. The van der Waals surface area contributed by atoms with Crippen molar-refractivity contribution in [1.82, 2.24) is 14.9 Å². The van der Waals surface area contributed by atoms with Crippen molar-refractivity contribution in [2.24, 2.45) is 0 Å². The van der Waals surface area contributed by atoms with Crippen LogP contribution in [0.4, 0.5) is 5.82 Å². The Morgan fingerprint density at radius 3 is 2.50 bits per heavy atom. The second kappa shape index (κ2) is 9.16. The summed E-state index contributed by atoms with van der Waals surface area (Å²) in [4.78, 5) is 11.1. The molecule has 0 aliphatic rings. The number of hydrogen-bond acceptors (Lipinski definition) is 5. The van der Waals surface area contributed by atoms with E-state index in [1.165, 1.54) is 0 Å². The van der Waals surface area contributed by atoms with E-state index in [1.54, 1.807) is 0 Å². The van der Waals surface area contributed by atoms with E-state index in [2.05, 4.69) is 41.0 Å². The van der Waals surface area contributed by atoms with E-state index in [0.717, 1.165) is 49.2 Å². The Morgan fingerprint density at radius 1 is 1.17 bits per heavy atom. The smallest absolute Gasteiger partial charge is 0.144 e. The molecule has 102 valence electrons. The monoisotopic (exact) mass is 268 g/mol. The van der Waals surface area contributed by atoms with E-state index in [9.17, 15) is 0 Å². The van der Waals surface area contributed by atoms with Gasteiger partial charge < -0.3 is 10.2 Å². The first-order valence-corrected chi connectivity index (χ1v) is 7.80. The molecule has 1 aromatic heterocycles. The molecule has 18 heavy (non-hydrogen) atoms. The van der Waals surface area contributed by atoms with Gasteiger partial charge in [-0.1, -0.05) is 13.8 Å². The summed E-state index contributed by atoms with van der Waals surface area (Å²) < 4.78 is 0. The summed E-state index contributed by atoms with van der Waals surface area (Å²) in [6.07, 6.45) is 3.67. The van der Waals surface area contributed by atoms with E-state index in [4.69, 9.17) is 0 Å². The molecule has 0 spiro atoms. The quantitative estimate of drug-likeness (QED) is 0.697. The molecule has 1 aromatic rings. The van der Waals surface area contributed by atoms with Crippen LogP contribution in [-0.4, -0.2) is 46.8 Å². The molecular weight excluding hydrogens is 244 g/mol. The number of nitrogens with zero attached hydrogens (tertiary/aromatic N) is 3. The maximum absolute atomic E-state index is 4.39. The van der Waals surface area contributed by atoms with Gasteiger partial charge >= 0.3 is 0 Å². The number of rotatable bonds is 9. The lowest BCUT2D eigenvalue weighted by Gasteiger charge is -2.17. The minimum atomic E-state index is 0.856. The molecule has 0 aromatic carbocycles. The van der Waals surface area contributed by atoms with Gasteiger partial charge in [-0.05, 0) is 20.0 Å². The first-order valence-electron chi connectivity index (χ1n) is 6.65. The topological polar surface area (TPSA) is 41.1 Å². The van der Waals surface area contributed by atoms with E-state index >= 15 is 0 Å². The Kier molecular flexibility index (Phi) is 7.76. The summed E-state index contributed by atoms with van der Waals surface area (Å²) in [6.45, 7) is 10.8. The van der Waals surface area contributed by atoms with Crippen LogP contribution >= 0.6 is 11.8 Å². The number of hydrogen-bond donors (Lipinski definition) is 1. The highest BCUT2D eigenvalue weighted by molar-refractivity contribution is 7.98. The van der Waals surface area contributed by atoms with Gasteiger partial charge in [0.2, 0.25) is 0 Å². The zero-order valence-electron chi connectivity index (χ0n) is 11.6. The molecule has 0 saturated heterocycles. The third kappa shape index (κ3) is 5.69. The zero-order chi connectivity index (χ0) is 13.2. The Morgan fingerprint density at radius 2 is 1.94 bits per heavy atom. The standard InChI is InChI=1S/C13H24N4S/c1-4-14-13-10-15-12(9-16-13)11-18-8-7-17(5-2)6-3/h9-10H,4-8,11H2,1-3H3,(H,14,16). The van der Waals surface area contributed by atoms with Crippen LogP contribution in [0, 0.1) is 0 Å². The first-order chi connectivity index (χ1) is 8.80. The van der Waals surface area contributed by atoms with Crippen LogP contribution in [0.5, 0.6) is 0 Å². The fraction of sp³-hybridized carbons (Fsp3) is 0.692.